The van der Waals surface area contributed by atoms with Crippen molar-refractivity contribution in [3.8, 4) is 22.6 Å². The molecule has 0 fully saturated rings. The maximum atomic E-state index is 13.2. The highest BCUT2D eigenvalue weighted by atomic mass is 19.4. The molecule has 0 aliphatic rings. The first-order valence-corrected chi connectivity index (χ1v) is 6.12. The summed E-state index contributed by atoms with van der Waals surface area (Å²) in [6.07, 6.45) is -4.55. The molecule has 0 unspecified atom stereocenters. The average molecular weight is 300 g/mol. The molecule has 114 valence electrons. The molecule has 2 rings (SSSR count). The van der Waals surface area contributed by atoms with Gasteiger partial charge in [0.05, 0.1) is 14.2 Å². The molecule has 0 atom stereocenters. The Morgan fingerprint density at radius 1 is 1.14 bits per heavy atom. The number of halogens is 3. The van der Waals surface area contributed by atoms with Gasteiger partial charge in [-0.1, -0.05) is 0 Å². The van der Waals surface area contributed by atoms with Crippen molar-refractivity contribution >= 4 is 0 Å². The number of methoxy groups -OCH3 is 2. The lowest BCUT2D eigenvalue weighted by Gasteiger charge is -2.12. The summed E-state index contributed by atoms with van der Waals surface area (Å²) in [6, 6.07) is 4.71. The minimum atomic E-state index is -4.55. The first-order valence-electron chi connectivity index (χ1n) is 6.12. The van der Waals surface area contributed by atoms with Gasteiger partial charge >= 0.3 is 6.18 Å². The van der Waals surface area contributed by atoms with E-state index < -0.39 is 11.9 Å². The third kappa shape index (κ3) is 2.68. The molecule has 0 saturated heterocycles. The zero-order chi connectivity index (χ0) is 15.8. The van der Waals surface area contributed by atoms with Crippen LogP contribution in [0.15, 0.2) is 18.2 Å². The average Bonchev–Trinajstić information content (AvgIpc) is 2.74. The second kappa shape index (κ2) is 5.31. The van der Waals surface area contributed by atoms with Crippen LogP contribution in [0.3, 0.4) is 0 Å². The van der Waals surface area contributed by atoms with E-state index in [1.165, 1.54) is 32.0 Å². The predicted molar refractivity (Wildman–Crippen MR) is 71.5 cm³/mol. The highest BCUT2D eigenvalue weighted by Gasteiger charge is 2.39. The molecule has 0 radical (unpaired) electrons. The summed E-state index contributed by atoms with van der Waals surface area (Å²) in [6.45, 7) is 1.58. The van der Waals surface area contributed by atoms with E-state index in [0.29, 0.717) is 22.8 Å². The molecule has 0 saturated carbocycles. The summed E-state index contributed by atoms with van der Waals surface area (Å²) in [4.78, 5) is 0. The number of nitrogens with zero attached hydrogens (tertiary/aromatic N) is 2. The van der Waals surface area contributed by atoms with Crippen molar-refractivity contribution in [3.63, 3.8) is 0 Å². The van der Waals surface area contributed by atoms with Crippen LogP contribution in [-0.4, -0.2) is 24.0 Å². The van der Waals surface area contributed by atoms with Crippen molar-refractivity contribution in [3.05, 3.63) is 29.6 Å². The molecule has 2 aromatic rings. The highest BCUT2D eigenvalue weighted by molar-refractivity contribution is 5.76. The minimum Gasteiger partial charge on any atom is -0.497 e. The van der Waals surface area contributed by atoms with E-state index in [4.69, 9.17) is 9.47 Å². The largest absolute Gasteiger partial charge is 0.497 e. The highest BCUT2D eigenvalue weighted by Crippen LogP contribution is 2.42. The fraction of sp³-hybridized carbons (Fsp3) is 0.357. The van der Waals surface area contributed by atoms with Gasteiger partial charge in [0.1, 0.15) is 11.5 Å². The Morgan fingerprint density at radius 2 is 1.81 bits per heavy atom. The van der Waals surface area contributed by atoms with Crippen molar-refractivity contribution in [2.45, 2.75) is 13.1 Å². The van der Waals surface area contributed by atoms with Crippen molar-refractivity contribution in [2.75, 3.05) is 14.2 Å². The summed E-state index contributed by atoms with van der Waals surface area (Å²) in [5.74, 6) is 0.777. The molecule has 4 nitrogen and oxygen atoms in total. The molecule has 0 aliphatic heterocycles. The molecule has 0 spiro atoms. The number of hydrogen-bond donors (Lipinski definition) is 0. The van der Waals surface area contributed by atoms with Crippen LogP contribution in [0.5, 0.6) is 11.5 Å². The Labute approximate surface area is 120 Å². The van der Waals surface area contributed by atoms with E-state index in [2.05, 4.69) is 5.10 Å². The number of ether oxygens (including phenoxy) is 2. The summed E-state index contributed by atoms with van der Waals surface area (Å²) < 4.78 is 51.1. The summed E-state index contributed by atoms with van der Waals surface area (Å²) in [5, 5.41) is 3.58. The van der Waals surface area contributed by atoms with E-state index in [1.807, 2.05) is 0 Å². The zero-order valence-electron chi connectivity index (χ0n) is 12.1. The Balaban J connectivity index is 2.77. The summed E-state index contributed by atoms with van der Waals surface area (Å²) in [5.41, 5.74) is -0.238. The van der Waals surface area contributed by atoms with Gasteiger partial charge in [0.15, 0.2) is 5.69 Å². The van der Waals surface area contributed by atoms with Crippen LogP contribution in [-0.2, 0) is 13.2 Å². The lowest BCUT2D eigenvalue weighted by molar-refractivity contribution is -0.140. The van der Waals surface area contributed by atoms with E-state index in [-0.39, 0.29) is 5.56 Å². The standard InChI is InChI=1S/C14H15F3N2O2/c1-8-12(13(14(15,16)17)18-19(8)2)10-7-9(20-3)5-6-11(10)21-4/h5-7H,1-4H3. The van der Waals surface area contributed by atoms with Gasteiger partial charge in [-0.15, -0.1) is 0 Å². The van der Waals surface area contributed by atoms with Gasteiger partial charge in [-0.3, -0.25) is 4.68 Å². The third-order valence-electron chi connectivity index (χ3n) is 3.28. The molecule has 21 heavy (non-hydrogen) atoms. The van der Waals surface area contributed by atoms with E-state index in [1.54, 1.807) is 19.1 Å². The van der Waals surface area contributed by atoms with Gasteiger partial charge in [0.2, 0.25) is 0 Å². The number of aryl methyl sites for hydroxylation is 1. The van der Waals surface area contributed by atoms with Gasteiger partial charge in [0.25, 0.3) is 0 Å². The van der Waals surface area contributed by atoms with Crippen LogP contribution in [0.2, 0.25) is 0 Å². The maximum Gasteiger partial charge on any atom is 0.435 e. The van der Waals surface area contributed by atoms with Gasteiger partial charge in [-0.2, -0.15) is 18.3 Å². The topological polar surface area (TPSA) is 36.3 Å². The van der Waals surface area contributed by atoms with Gasteiger partial charge in [-0.25, -0.2) is 0 Å². The molecular weight excluding hydrogens is 285 g/mol. The van der Waals surface area contributed by atoms with Crippen LogP contribution in [0.1, 0.15) is 11.4 Å². The van der Waals surface area contributed by atoms with Crippen LogP contribution in [0, 0.1) is 6.92 Å². The monoisotopic (exact) mass is 300 g/mol. The van der Waals surface area contributed by atoms with Gasteiger partial charge in [0, 0.05) is 23.9 Å². The second-order valence-corrected chi connectivity index (χ2v) is 4.50. The number of aromatic nitrogens is 2. The maximum absolute atomic E-state index is 13.2. The van der Waals surface area contributed by atoms with Crippen LogP contribution >= 0.6 is 0 Å². The first-order chi connectivity index (χ1) is 9.79. The van der Waals surface area contributed by atoms with E-state index >= 15 is 0 Å². The lowest BCUT2D eigenvalue weighted by atomic mass is 10.0. The van der Waals surface area contributed by atoms with Crippen LogP contribution < -0.4 is 9.47 Å². The van der Waals surface area contributed by atoms with Crippen LogP contribution in [0.4, 0.5) is 13.2 Å². The fourth-order valence-electron chi connectivity index (χ4n) is 2.14. The number of rotatable bonds is 3. The Bertz CT molecular complexity index is 663. The summed E-state index contributed by atoms with van der Waals surface area (Å²) >= 11 is 0. The number of benzene rings is 1. The van der Waals surface area contributed by atoms with Crippen molar-refractivity contribution in [2.24, 2.45) is 7.05 Å². The SMILES string of the molecule is COc1ccc(OC)c(-c2c(C(F)(F)F)nn(C)c2C)c1. The number of hydrogen-bond acceptors (Lipinski definition) is 3. The molecule has 0 N–H and O–H groups in total. The molecule has 0 amide bonds. The Hall–Kier alpha value is -2.18. The smallest absolute Gasteiger partial charge is 0.435 e. The first kappa shape index (κ1) is 15.2. The minimum absolute atomic E-state index is 0.000694. The lowest BCUT2D eigenvalue weighted by Crippen LogP contribution is -2.08. The Kier molecular flexibility index (Phi) is 3.85. The molecular formula is C14H15F3N2O2. The fourth-order valence-corrected chi connectivity index (χ4v) is 2.14. The molecule has 0 bridgehead atoms. The Morgan fingerprint density at radius 3 is 2.33 bits per heavy atom. The van der Waals surface area contributed by atoms with E-state index in [0.717, 1.165) is 0 Å². The zero-order valence-corrected chi connectivity index (χ0v) is 12.1. The van der Waals surface area contributed by atoms with E-state index in [9.17, 15) is 13.2 Å². The molecule has 0 aliphatic carbocycles. The predicted octanol–water partition coefficient (Wildman–Crippen LogP) is 3.43. The quantitative estimate of drug-likeness (QED) is 0.871. The third-order valence-corrected chi connectivity index (χ3v) is 3.28. The molecule has 1 aromatic heterocycles. The molecule has 1 heterocycles. The summed E-state index contributed by atoms with van der Waals surface area (Å²) in [7, 11) is 4.33. The normalized spacial score (nSPS) is 11.6. The van der Waals surface area contributed by atoms with Gasteiger partial charge in [-0.05, 0) is 25.1 Å². The molecule has 7 heteroatoms. The van der Waals surface area contributed by atoms with Crippen LogP contribution in [0.25, 0.3) is 11.1 Å². The molecule has 1 aromatic carbocycles. The number of alkyl halides is 3. The second-order valence-electron chi connectivity index (χ2n) is 4.50. The van der Waals surface area contributed by atoms with Gasteiger partial charge < -0.3 is 9.47 Å². The van der Waals surface area contributed by atoms with Crippen molar-refractivity contribution in [1.82, 2.24) is 9.78 Å². The van der Waals surface area contributed by atoms with Crippen molar-refractivity contribution in [1.29, 1.82) is 0 Å². The van der Waals surface area contributed by atoms with Crippen molar-refractivity contribution < 1.29 is 22.6 Å².